The van der Waals surface area contributed by atoms with Crippen molar-refractivity contribution in [3.8, 4) is 10.4 Å². The average Bonchev–Trinajstić information content (AvgIpc) is 3.33. The second-order valence-electron chi connectivity index (χ2n) is 8.31. The number of benzene rings is 2. The quantitative estimate of drug-likeness (QED) is 0.0521. The molecular weight excluding hydrogens is 566 g/mol. The Kier molecular flexibility index (Phi) is 9.97. The van der Waals surface area contributed by atoms with Crippen LogP contribution in [-0.2, 0) is 14.8 Å². The lowest BCUT2D eigenvalue weighted by molar-refractivity contribution is -0.384. The van der Waals surface area contributed by atoms with Gasteiger partial charge in [-0.25, -0.2) is 13.2 Å². The minimum absolute atomic E-state index is 0.0147. The molecule has 3 aromatic rings. The highest BCUT2D eigenvalue weighted by Crippen LogP contribution is 2.37. The summed E-state index contributed by atoms with van der Waals surface area (Å²) >= 11 is 0.834. The predicted molar refractivity (Wildman–Crippen MR) is 147 cm³/mol. The normalized spacial score (nSPS) is 12.1. The molecule has 0 radical (unpaired) electrons. The van der Waals surface area contributed by atoms with Gasteiger partial charge in [0, 0.05) is 17.0 Å². The molecule has 17 heteroatoms. The van der Waals surface area contributed by atoms with E-state index in [1.807, 2.05) is 0 Å². The number of nitrogens with one attached hydrogen (secondary N) is 3. The monoisotopic (exact) mass is 591 g/mol. The lowest BCUT2D eigenvalue weighted by atomic mass is 10.1. The average molecular weight is 592 g/mol. The molecule has 1 amide bonds. The molecule has 2 aromatic carbocycles. The summed E-state index contributed by atoms with van der Waals surface area (Å²) in [6.45, 7) is 0.288. The number of non-ortho nitro benzene ring substituents is 1. The first-order valence-electron chi connectivity index (χ1n) is 11.5. The van der Waals surface area contributed by atoms with Gasteiger partial charge in [0.05, 0.1) is 10.6 Å². The SMILES string of the molecule is NC(N)NCCC[C@H](NC(=O)c1sc(-c2ccc([N+](=O)[O-])cc2)cc1NS(=O)(=O)c1ccccc1N=O)C(=O)O. The number of aliphatic carboxylic acids is 1. The molecule has 0 fully saturated rings. The van der Waals surface area contributed by atoms with E-state index in [2.05, 4.69) is 20.5 Å². The molecule has 0 spiro atoms. The van der Waals surface area contributed by atoms with Crippen molar-refractivity contribution in [3.63, 3.8) is 0 Å². The van der Waals surface area contributed by atoms with E-state index in [1.54, 1.807) is 0 Å². The summed E-state index contributed by atoms with van der Waals surface area (Å²) in [5, 5.41) is 28.5. The summed E-state index contributed by atoms with van der Waals surface area (Å²) < 4.78 is 28.6. The molecule has 1 atom stereocenters. The van der Waals surface area contributed by atoms with Gasteiger partial charge in [-0.05, 0) is 60.5 Å². The second kappa shape index (κ2) is 13.2. The molecular formula is C23H25N7O8S2. The highest BCUT2D eigenvalue weighted by Gasteiger charge is 2.27. The van der Waals surface area contributed by atoms with Crippen LogP contribution in [0.3, 0.4) is 0 Å². The van der Waals surface area contributed by atoms with Gasteiger partial charge in [0.15, 0.2) is 0 Å². The fraction of sp³-hybridized carbons (Fsp3) is 0.217. The number of nitro benzene ring substituents is 1. The molecule has 0 bridgehead atoms. The molecule has 0 aliphatic carbocycles. The minimum atomic E-state index is -4.42. The van der Waals surface area contributed by atoms with E-state index in [0.29, 0.717) is 16.9 Å². The van der Waals surface area contributed by atoms with Gasteiger partial charge >= 0.3 is 5.97 Å². The van der Waals surface area contributed by atoms with Crippen LogP contribution < -0.4 is 26.8 Å². The highest BCUT2D eigenvalue weighted by atomic mass is 32.2. The number of nitro groups is 1. The van der Waals surface area contributed by atoms with Crippen LogP contribution in [0.15, 0.2) is 64.7 Å². The van der Waals surface area contributed by atoms with Crippen LogP contribution in [0.4, 0.5) is 17.1 Å². The lowest BCUT2D eigenvalue weighted by Gasteiger charge is -2.16. The van der Waals surface area contributed by atoms with Gasteiger partial charge in [-0.2, -0.15) is 0 Å². The van der Waals surface area contributed by atoms with Gasteiger partial charge in [-0.1, -0.05) is 12.1 Å². The number of amides is 1. The van der Waals surface area contributed by atoms with Crippen LogP contribution in [0, 0.1) is 15.0 Å². The van der Waals surface area contributed by atoms with Crippen molar-refractivity contribution >= 4 is 50.3 Å². The van der Waals surface area contributed by atoms with Crippen molar-refractivity contribution in [2.75, 3.05) is 11.3 Å². The van der Waals surface area contributed by atoms with Gasteiger partial charge in [0.25, 0.3) is 21.6 Å². The van der Waals surface area contributed by atoms with E-state index >= 15 is 0 Å². The molecule has 3 rings (SSSR count). The number of hydrogen-bond acceptors (Lipinski definition) is 12. The molecule has 1 heterocycles. The standard InChI is InChI=1S/C23H25N7O8S2/c24-23(25)26-11-3-5-16(22(32)33)27-21(31)20-17(29-40(37,38)19-6-2-1-4-15(19)28-34)12-18(39-20)13-7-9-14(10-8-13)30(35)36/h1-2,4,6-10,12,16,23,26,29H,3,5,11,24-25H2,(H,27,31)(H,32,33)/t16-/m0/s1. The van der Waals surface area contributed by atoms with Crippen molar-refractivity contribution in [3.05, 3.63) is 74.5 Å². The predicted octanol–water partition coefficient (Wildman–Crippen LogP) is 2.28. The molecule has 0 saturated carbocycles. The number of rotatable bonds is 14. The Morgan fingerprint density at radius 1 is 1.12 bits per heavy atom. The Morgan fingerprint density at radius 2 is 1.80 bits per heavy atom. The molecule has 1 aromatic heterocycles. The van der Waals surface area contributed by atoms with E-state index in [1.165, 1.54) is 48.5 Å². The summed E-state index contributed by atoms with van der Waals surface area (Å²) in [5.74, 6) is -2.20. The van der Waals surface area contributed by atoms with E-state index in [4.69, 9.17) is 11.5 Å². The number of carbonyl (C=O) groups is 2. The van der Waals surface area contributed by atoms with E-state index in [-0.39, 0.29) is 34.9 Å². The Bertz CT molecular complexity index is 1510. The van der Waals surface area contributed by atoms with Crippen molar-refractivity contribution in [2.24, 2.45) is 16.6 Å². The first-order valence-corrected chi connectivity index (χ1v) is 13.8. The first kappa shape index (κ1) is 30.3. The Hall–Kier alpha value is -4.29. The van der Waals surface area contributed by atoms with Gasteiger partial charge in [-0.3, -0.25) is 24.9 Å². The van der Waals surface area contributed by atoms with E-state index < -0.39 is 44.1 Å². The number of carbonyl (C=O) groups excluding carboxylic acids is 1. The smallest absolute Gasteiger partial charge is 0.326 e. The number of nitroso groups, excluding NO2 is 1. The molecule has 0 saturated heterocycles. The molecule has 8 N–H and O–H groups in total. The third-order valence-electron chi connectivity index (χ3n) is 5.45. The maximum atomic E-state index is 13.2. The molecule has 0 aliphatic rings. The summed E-state index contributed by atoms with van der Waals surface area (Å²) in [5.41, 5.74) is 10.5. The Labute approximate surface area is 231 Å². The fourth-order valence-corrected chi connectivity index (χ4v) is 5.83. The number of sulfonamides is 1. The maximum absolute atomic E-state index is 13.2. The van der Waals surface area contributed by atoms with Crippen LogP contribution in [0.5, 0.6) is 0 Å². The number of hydrogen-bond donors (Lipinski definition) is 6. The minimum Gasteiger partial charge on any atom is -0.480 e. The van der Waals surface area contributed by atoms with Crippen LogP contribution in [0.2, 0.25) is 0 Å². The number of thiophene rings is 1. The van der Waals surface area contributed by atoms with Gasteiger partial charge in [-0.15, -0.1) is 16.2 Å². The fourth-order valence-electron chi connectivity index (χ4n) is 3.54. The molecule has 212 valence electrons. The second-order valence-corrected chi connectivity index (χ2v) is 11.0. The van der Waals surface area contributed by atoms with Crippen molar-refractivity contribution in [1.82, 2.24) is 10.6 Å². The summed E-state index contributed by atoms with van der Waals surface area (Å²) in [6, 6.07) is 10.5. The summed E-state index contributed by atoms with van der Waals surface area (Å²) in [7, 11) is -4.42. The van der Waals surface area contributed by atoms with Crippen molar-refractivity contribution < 1.29 is 28.0 Å². The molecule has 0 aliphatic heterocycles. The molecule has 15 nitrogen and oxygen atoms in total. The topological polar surface area (TPSA) is 249 Å². The molecule has 0 unspecified atom stereocenters. The van der Waals surface area contributed by atoms with Crippen molar-refractivity contribution in [2.45, 2.75) is 30.1 Å². The number of carboxylic acids is 1. The third kappa shape index (κ3) is 7.64. The van der Waals surface area contributed by atoms with Crippen LogP contribution in [0.1, 0.15) is 22.5 Å². The highest BCUT2D eigenvalue weighted by molar-refractivity contribution is 7.93. The zero-order valence-corrected chi connectivity index (χ0v) is 22.3. The summed E-state index contributed by atoms with van der Waals surface area (Å²) in [6.07, 6.45) is -0.479. The van der Waals surface area contributed by atoms with Crippen LogP contribution in [0.25, 0.3) is 10.4 Å². The van der Waals surface area contributed by atoms with Crippen LogP contribution in [-0.4, -0.2) is 49.2 Å². The van der Waals surface area contributed by atoms with Gasteiger partial charge in [0.1, 0.15) is 27.8 Å². The number of anilines is 1. The third-order valence-corrected chi connectivity index (χ3v) is 8.05. The number of nitrogens with two attached hydrogens (primary N) is 2. The molecule has 40 heavy (non-hydrogen) atoms. The summed E-state index contributed by atoms with van der Waals surface area (Å²) in [4.78, 5) is 46.4. The number of carboxylic acid groups (broad SMARTS) is 1. The van der Waals surface area contributed by atoms with E-state index in [0.717, 1.165) is 17.4 Å². The first-order chi connectivity index (χ1) is 18.9. The Morgan fingerprint density at radius 3 is 2.40 bits per heavy atom. The van der Waals surface area contributed by atoms with Gasteiger partial charge < -0.3 is 21.9 Å². The van der Waals surface area contributed by atoms with Crippen molar-refractivity contribution in [1.29, 1.82) is 0 Å². The van der Waals surface area contributed by atoms with Gasteiger partial charge in [0.2, 0.25) is 0 Å². The Balaban J connectivity index is 1.97. The zero-order valence-electron chi connectivity index (χ0n) is 20.6. The van der Waals surface area contributed by atoms with Crippen LogP contribution >= 0.6 is 11.3 Å². The lowest BCUT2D eigenvalue weighted by Crippen LogP contribution is -2.46. The zero-order chi connectivity index (χ0) is 29.4. The maximum Gasteiger partial charge on any atom is 0.326 e. The number of nitrogens with zero attached hydrogens (tertiary/aromatic N) is 2. The van der Waals surface area contributed by atoms with E-state index in [9.17, 15) is 38.1 Å². The largest absolute Gasteiger partial charge is 0.480 e.